The van der Waals surface area contributed by atoms with E-state index in [4.69, 9.17) is 4.98 Å². The Morgan fingerprint density at radius 3 is 2.82 bits per heavy atom. The lowest BCUT2D eigenvalue weighted by atomic mass is 10.1. The molecule has 0 bridgehead atoms. The van der Waals surface area contributed by atoms with Crippen LogP contribution in [-0.2, 0) is 0 Å². The molecule has 0 atom stereocenters. The number of hydrogen-bond acceptors (Lipinski definition) is 7. The molecule has 33 heavy (non-hydrogen) atoms. The fraction of sp³-hybridized carbons (Fsp3) is 0.120. The third-order valence-electron chi connectivity index (χ3n) is 5.56. The molecule has 3 aromatic carbocycles. The van der Waals surface area contributed by atoms with Gasteiger partial charge in [-0.2, -0.15) is 4.09 Å². The highest BCUT2D eigenvalue weighted by atomic mass is 32.2. The molecular formula is C25H19N5OS2. The lowest BCUT2D eigenvalue weighted by Crippen LogP contribution is -2.09. The molecule has 3 aromatic rings. The Kier molecular flexibility index (Phi) is 5.04. The molecule has 0 spiro atoms. The maximum Gasteiger partial charge on any atom is 0.164 e. The summed E-state index contributed by atoms with van der Waals surface area (Å²) in [6, 6.07) is 20.1. The van der Waals surface area contributed by atoms with E-state index in [9.17, 15) is 4.79 Å². The number of nitrogens with zero attached hydrogens (tertiary/aromatic N) is 4. The molecule has 1 N–H and O–H groups in total. The summed E-state index contributed by atoms with van der Waals surface area (Å²) in [6.45, 7) is 2.02. The highest BCUT2D eigenvalue weighted by Gasteiger charge is 2.25. The van der Waals surface area contributed by atoms with E-state index in [1.54, 1.807) is 15.8 Å². The molecule has 0 saturated carbocycles. The number of benzene rings is 3. The van der Waals surface area contributed by atoms with Gasteiger partial charge in [0.15, 0.2) is 5.78 Å². The van der Waals surface area contributed by atoms with Gasteiger partial charge in [0.05, 0.1) is 28.0 Å². The van der Waals surface area contributed by atoms with E-state index in [0.717, 1.165) is 54.8 Å². The Labute approximate surface area is 199 Å². The summed E-state index contributed by atoms with van der Waals surface area (Å²) in [5.41, 5.74) is 5.12. The first kappa shape index (κ1) is 20.3. The van der Waals surface area contributed by atoms with Gasteiger partial charge in [0, 0.05) is 39.1 Å². The molecule has 162 valence electrons. The zero-order chi connectivity index (χ0) is 22.4. The van der Waals surface area contributed by atoms with E-state index in [1.165, 1.54) is 11.9 Å². The number of Topliss-reactive ketones (excluding diaryl/α,β-unsaturated/α-hetero) is 1. The fourth-order valence-electron chi connectivity index (χ4n) is 4.00. The number of hydrogen-bond donors (Lipinski definition) is 1. The zero-order valence-corrected chi connectivity index (χ0v) is 19.4. The topological polar surface area (TPSA) is 72.7 Å². The van der Waals surface area contributed by atoms with Crippen LogP contribution in [0, 0.1) is 0 Å². The molecule has 3 heterocycles. The number of fused-ring (bicyclic) bond motifs is 5. The lowest BCUT2D eigenvalue weighted by Gasteiger charge is -2.24. The molecular weight excluding hydrogens is 450 g/mol. The molecule has 6 nitrogen and oxygen atoms in total. The van der Waals surface area contributed by atoms with Crippen molar-refractivity contribution in [1.29, 1.82) is 0 Å². The van der Waals surface area contributed by atoms with Gasteiger partial charge >= 0.3 is 0 Å². The van der Waals surface area contributed by atoms with Crippen LogP contribution >= 0.6 is 23.7 Å². The largest absolute Gasteiger partial charge is 0.353 e. The SMILES string of the molecule is CCCC(=O)c1ccc2c(c1Sn1cc3nc4ccccc4c-3nn1)Nc1ccccc1S2. The van der Waals surface area contributed by atoms with Crippen molar-refractivity contribution in [2.24, 2.45) is 0 Å². The average Bonchev–Trinajstić information content (AvgIpc) is 3.21. The number of ketones is 1. The number of nitrogens with one attached hydrogen (secondary N) is 1. The predicted octanol–water partition coefficient (Wildman–Crippen LogP) is 6.68. The molecule has 6 rings (SSSR count). The first-order valence-electron chi connectivity index (χ1n) is 10.7. The standard InChI is InChI=1S/C25H19N5OS2/c1-2-7-20(31)16-12-13-22-24(27-18-10-5-6-11-21(18)32-22)25(16)33-30-14-19-23(28-29-30)15-8-3-4-9-17(15)26-19/h3-6,8-14,27H,2,7H2,1H3. The van der Waals surface area contributed by atoms with Gasteiger partial charge in [0.2, 0.25) is 0 Å². The Morgan fingerprint density at radius 1 is 1.06 bits per heavy atom. The maximum atomic E-state index is 13.0. The average molecular weight is 470 g/mol. The van der Waals surface area contributed by atoms with Crippen LogP contribution in [0.5, 0.6) is 0 Å². The number of aromatic nitrogens is 4. The van der Waals surface area contributed by atoms with Crippen LogP contribution in [0.2, 0.25) is 0 Å². The summed E-state index contributed by atoms with van der Waals surface area (Å²) in [4.78, 5) is 20.8. The third kappa shape index (κ3) is 3.55. The van der Waals surface area contributed by atoms with Crippen LogP contribution in [0.25, 0.3) is 22.3 Å². The Morgan fingerprint density at radius 2 is 1.91 bits per heavy atom. The summed E-state index contributed by atoms with van der Waals surface area (Å²) in [6.07, 6.45) is 3.18. The van der Waals surface area contributed by atoms with Gasteiger partial charge in [-0.15, -0.1) is 5.10 Å². The van der Waals surface area contributed by atoms with E-state index >= 15 is 0 Å². The van der Waals surface area contributed by atoms with Crippen molar-refractivity contribution in [1.82, 2.24) is 19.4 Å². The van der Waals surface area contributed by atoms with Crippen molar-refractivity contribution >= 4 is 51.8 Å². The summed E-state index contributed by atoms with van der Waals surface area (Å²) in [5.74, 6) is 0.125. The Hall–Kier alpha value is -3.36. The molecule has 0 fully saturated rings. The highest BCUT2D eigenvalue weighted by molar-refractivity contribution is 8.00. The van der Waals surface area contributed by atoms with E-state index in [1.807, 2.05) is 61.7 Å². The zero-order valence-electron chi connectivity index (χ0n) is 17.8. The van der Waals surface area contributed by atoms with Crippen molar-refractivity contribution in [2.75, 3.05) is 5.32 Å². The van der Waals surface area contributed by atoms with Crippen molar-refractivity contribution in [3.63, 3.8) is 0 Å². The van der Waals surface area contributed by atoms with Gasteiger partial charge in [-0.25, -0.2) is 4.98 Å². The molecule has 8 heteroatoms. The molecule has 0 radical (unpaired) electrons. The summed E-state index contributed by atoms with van der Waals surface area (Å²) in [7, 11) is 0. The van der Waals surface area contributed by atoms with Gasteiger partial charge in [0.25, 0.3) is 0 Å². The highest BCUT2D eigenvalue weighted by Crippen LogP contribution is 2.49. The van der Waals surface area contributed by atoms with Crippen LogP contribution in [0.4, 0.5) is 11.4 Å². The number of carbonyl (C=O) groups is 1. The normalized spacial score (nSPS) is 12.4. The smallest absolute Gasteiger partial charge is 0.164 e. The van der Waals surface area contributed by atoms with Crippen LogP contribution in [0.3, 0.4) is 0 Å². The number of para-hydroxylation sites is 2. The minimum absolute atomic E-state index is 0.125. The van der Waals surface area contributed by atoms with E-state index < -0.39 is 0 Å². The molecule has 3 aliphatic heterocycles. The molecule has 0 aromatic heterocycles. The minimum atomic E-state index is 0.125. The van der Waals surface area contributed by atoms with Crippen molar-refractivity contribution in [3.05, 3.63) is 72.4 Å². The van der Waals surface area contributed by atoms with Gasteiger partial charge in [-0.1, -0.05) is 54.2 Å². The number of carbonyl (C=O) groups excluding carboxylic acids is 1. The Balaban J connectivity index is 1.46. The van der Waals surface area contributed by atoms with Crippen LogP contribution in [-0.4, -0.2) is 25.2 Å². The van der Waals surface area contributed by atoms with Crippen molar-refractivity contribution in [2.45, 2.75) is 34.5 Å². The predicted molar refractivity (Wildman–Crippen MR) is 133 cm³/mol. The molecule has 0 saturated heterocycles. The second kappa shape index (κ2) is 8.20. The van der Waals surface area contributed by atoms with E-state index in [0.29, 0.717) is 12.0 Å². The van der Waals surface area contributed by atoms with Gasteiger partial charge in [-0.3, -0.25) is 4.79 Å². The molecule has 0 unspecified atom stereocenters. The molecule has 3 aliphatic rings. The van der Waals surface area contributed by atoms with Gasteiger partial charge < -0.3 is 5.32 Å². The molecule has 0 amide bonds. The van der Waals surface area contributed by atoms with E-state index in [-0.39, 0.29) is 5.78 Å². The molecule has 0 aliphatic carbocycles. The second-order valence-electron chi connectivity index (χ2n) is 7.79. The monoisotopic (exact) mass is 469 g/mol. The van der Waals surface area contributed by atoms with Crippen LogP contribution < -0.4 is 5.32 Å². The summed E-state index contributed by atoms with van der Waals surface area (Å²) in [5, 5.41) is 13.4. The number of rotatable bonds is 5. The first-order valence-corrected chi connectivity index (χ1v) is 12.3. The summed E-state index contributed by atoms with van der Waals surface area (Å²) < 4.78 is 1.69. The van der Waals surface area contributed by atoms with Crippen molar-refractivity contribution in [3.8, 4) is 11.4 Å². The third-order valence-corrected chi connectivity index (χ3v) is 7.66. The van der Waals surface area contributed by atoms with Crippen LogP contribution in [0.1, 0.15) is 30.1 Å². The quantitative estimate of drug-likeness (QED) is 0.282. The van der Waals surface area contributed by atoms with Gasteiger partial charge in [-0.05, 0) is 36.8 Å². The fourth-order valence-corrected chi connectivity index (χ4v) is 6.01. The maximum absolute atomic E-state index is 13.0. The summed E-state index contributed by atoms with van der Waals surface area (Å²) >= 11 is 3.09. The van der Waals surface area contributed by atoms with Crippen LogP contribution in [0.15, 0.2) is 81.5 Å². The minimum Gasteiger partial charge on any atom is -0.353 e. The first-order chi connectivity index (χ1) is 16.2. The second-order valence-corrected chi connectivity index (χ2v) is 9.84. The lowest BCUT2D eigenvalue weighted by molar-refractivity contribution is 0.0979. The number of anilines is 2. The van der Waals surface area contributed by atoms with Crippen molar-refractivity contribution < 1.29 is 4.79 Å². The van der Waals surface area contributed by atoms with Gasteiger partial charge in [0.1, 0.15) is 11.4 Å². The van der Waals surface area contributed by atoms with E-state index in [2.05, 4.69) is 27.8 Å². The Bertz CT molecular complexity index is 1500.